The number of rotatable bonds is 5. The second-order valence-corrected chi connectivity index (χ2v) is 3.55. The average molecular weight is 206 g/mol. The summed E-state index contributed by atoms with van der Waals surface area (Å²) in [7, 11) is 3.55. The predicted octanol–water partition coefficient (Wildman–Crippen LogP) is 0.953. The van der Waals surface area contributed by atoms with E-state index < -0.39 is 0 Å². The number of hydrogen-bond donors (Lipinski definition) is 2. The van der Waals surface area contributed by atoms with Crippen molar-refractivity contribution in [3.8, 4) is 0 Å². The summed E-state index contributed by atoms with van der Waals surface area (Å²) in [6.45, 7) is 0. The summed E-state index contributed by atoms with van der Waals surface area (Å²) >= 11 is 0. The van der Waals surface area contributed by atoms with Crippen molar-refractivity contribution in [2.24, 2.45) is 0 Å². The van der Waals surface area contributed by atoms with Crippen LogP contribution in [-0.2, 0) is 11.2 Å². The first-order valence-corrected chi connectivity index (χ1v) is 5.18. The highest BCUT2D eigenvalue weighted by atomic mass is 16.1. The summed E-state index contributed by atoms with van der Waals surface area (Å²) in [5.74, 6) is 0.0743. The van der Waals surface area contributed by atoms with E-state index in [1.54, 1.807) is 7.05 Å². The van der Waals surface area contributed by atoms with E-state index in [9.17, 15) is 4.79 Å². The molecule has 1 aromatic carbocycles. The van der Waals surface area contributed by atoms with Gasteiger partial charge in [-0.3, -0.25) is 4.79 Å². The van der Waals surface area contributed by atoms with E-state index in [0.29, 0.717) is 6.42 Å². The summed E-state index contributed by atoms with van der Waals surface area (Å²) in [4.78, 5) is 11.2. The predicted molar refractivity (Wildman–Crippen MR) is 61.7 cm³/mol. The fraction of sp³-hybridized carbons (Fsp3) is 0.417. The number of amides is 1. The van der Waals surface area contributed by atoms with Crippen LogP contribution in [0.25, 0.3) is 0 Å². The molecule has 2 N–H and O–H groups in total. The highest BCUT2D eigenvalue weighted by molar-refractivity contribution is 5.76. The Kier molecular flexibility index (Phi) is 4.84. The Bertz CT molecular complexity index is 298. The SMILES string of the molecule is CNC(=O)CC(Cc1ccccc1)NC. The molecule has 3 nitrogen and oxygen atoms in total. The minimum absolute atomic E-state index is 0.0743. The average Bonchev–Trinajstić information content (AvgIpc) is 2.29. The summed E-state index contributed by atoms with van der Waals surface area (Å²) in [6.07, 6.45) is 1.40. The van der Waals surface area contributed by atoms with Crippen LogP contribution in [0.3, 0.4) is 0 Å². The molecule has 1 atom stereocenters. The van der Waals surface area contributed by atoms with Gasteiger partial charge in [-0.25, -0.2) is 0 Å². The summed E-state index contributed by atoms with van der Waals surface area (Å²) in [6, 6.07) is 10.4. The third-order valence-electron chi connectivity index (χ3n) is 2.44. The smallest absolute Gasteiger partial charge is 0.221 e. The van der Waals surface area contributed by atoms with Gasteiger partial charge in [0.05, 0.1) is 0 Å². The Morgan fingerprint density at radius 3 is 2.47 bits per heavy atom. The lowest BCUT2D eigenvalue weighted by Crippen LogP contribution is -2.33. The molecular weight excluding hydrogens is 188 g/mol. The molecule has 0 aliphatic rings. The quantitative estimate of drug-likeness (QED) is 0.753. The molecule has 0 bridgehead atoms. The molecule has 15 heavy (non-hydrogen) atoms. The normalized spacial score (nSPS) is 12.1. The van der Waals surface area contributed by atoms with Crippen molar-refractivity contribution < 1.29 is 4.79 Å². The molecule has 0 saturated heterocycles. The van der Waals surface area contributed by atoms with Crippen LogP contribution in [0.4, 0.5) is 0 Å². The Morgan fingerprint density at radius 1 is 1.27 bits per heavy atom. The van der Waals surface area contributed by atoms with Crippen molar-refractivity contribution in [1.82, 2.24) is 10.6 Å². The van der Waals surface area contributed by atoms with Crippen molar-refractivity contribution in [2.75, 3.05) is 14.1 Å². The van der Waals surface area contributed by atoms with Crippen LogP contribution < -0.4 is 10.6 Å². The van der Waals surface area contributed by atoms with Gasteiger partial charge in [0.25, 0.3) is 0 Å². The molecular formula is C12H18N2O. The lowest BCUT2D eigenvalue weighted by Gasteiger charge is -2.15. The maximum absolute atomic E-state index is 11.2. The Labute approximate surface area is 90.9 Å². The molecule has 1 rings (SSSR count). The molecule has 0 aliphatic carbocycles. The fourth-order valence-electron chi connectivity index (χ4n) is 1.50. The van der Waals surface area contributed by atoms with Crippen LogP contribution >= 0.6 is 0 Å². The zero-order valence-electron chi connectivity index (χ0n) is 9.29. The zero-order chi connectivity index (χ0) is 11.1. The van der Waals surface area contributed by atoms with Crippen molar-refractivity contribution in [1.29, 1.82) is 0 Å². The van der Waals surface area contributed by atoms with E-state index in [2.05, 4.69) is 22.8 Å². The van der Waals surface area contributed by atoms with Crippen LogP contribution in [-0.4, -0.2) is 26.0 Å². The Balaban J connectivity index is 2.50. The number of carbonyl (C=O) groups is 1. The maximum Gasteiger partial charge on any atom is 0.221 e. The van der Waals surface area contributed by atoms with Crippen molar-refractivity contribution in [3.63, 3.8) is 0 Å². The van der Waals surface area contributed by atoms with Crippen molar-refractivity contribution in [2.45, 2.75) is 18.9 Å². The Hall–Kier alpha value is -1.35. The van der Waals surface area contributed by atoms with Gasteiger partial charge in [-0.05, 0) is 19.0 Å². The third kappa shape index (κ3) is 4.13. The van der Waals surface area contributed by atoms with Gasteiger partial charge in [-0.2, -0.15) is 0 Å². The van der Waals surface area contributed by atoms with E-state index >= 15 is 0 Å². The van der Waals surface area contributed by atoms with E-state index in [-0.39, 0.29) is 11.9 Å². The van der Waals surface area contributed by atoms with Gasteiger partial charge >= 0.3 is 0 Å². The number of benzene rings is 1. The lowest BCUT2D eigenvalue weighted by molar-refractivity contribution is -0.121. The van der Waals surface area contributed by atoms with E-state index in [4.69, 9.17) is 0 Å². The monoisotopic (exact) mass is 206 g/mol. The molecule has 0 radical (unpaired) electrons. The van der Waals surface area contributed by atoms with Gasteiger partial charge in [0.1, 0.15) is 0 Å². The third-order valence-corrected chi connectivity index (χ3v) is 2.44. The standard InChI is InChI=1S/C12H18N2O/c1-13-11(9-12(15)14-2)8-10-6-4-3-5-7-10/h3-7,11,13H,8-9H2,1-2H3,(H,14,15). The van der Waals surface area contributed by atoms with Gasteiger partial charge in [0, 0.05) is 19.5 Å². The molecule has 1 aromatic rings. The number of hydrogen-bond acceptors (Lipinski definition) is 2. The van der Waals surface area contributed by atoms with Crippen LogP contribution in [0.2, 0.25) is 0 Å². The highest BCUT2D eigenvalue weighted by Gasteiger charge is 2.10. The van der Waals surface area contributed by atoms with Crippen LogP contribution in [0.15, 0.2) is 30.3 Å². The molecule has 0 spiro atoms. The van der Waals surface area contributed by atoms with Crippen LogP contribution in [0.1, 0.15) is 12.0 Å². The van der Waals surface area contributed by atoms with E-state index in [1.165, 1.54) is 5.56 Å². The van der Waals surface area contributed by atoms with Crippen LogP contribution in [0, 0.1) is 0 Å². The summed E-state index contributed by atoms with van der Waals surface area (Å²) in [5.41, 5.74) is 1.25. The second-order valence-electron chi connectivity index (χ2n) is 3.55. The molecule has 1 unspecified atom stereocenters. The van der Waals surface area contributed by atoms with E-state index in [0.717, 1.165) is 6.42 Å². The summed E-state index contributed by atoms with van der Waals surface area (Å²) in [5, 5.41) is 5.79. The van der Waals surface area contributed by atoms with Gasteiger partial charge in [0.15, 0.2) is 0 Å². The topological polar surface area (TPSA) is 41.1 Å². The first-order chi connectivity index (χ1) is 7.26. The number of nitrogens with one attached hydrogen (secondary N) is 2. The van der Waals surface area contributed by atoms with Gasteiger partial charge in [-0.15, -0.1) is 0 Å². The van der Waals surface area contributed by atoms with Gasteiger partial charge < -0.3 is 10.6 Å². The largest absolute Gasteiger partial charge is 0.359 e. The van der Waals surface area contributed by atoms with Crippen LogP contribution in [0.5, 0.6) is 0 Å². The minimum Gasteiger partial charge on any atom is -0.359 e. The molecule has 3 heteroatoms. The molecule has 82 valence electrons. The molecule has 1 amide bonds. The van der Waals surface area contributed by atoms with Crippen molar-refractivity contribution >= 4 is 5.91 Å². The van der Waals surface area contributed by atoms with Crippen molar-refractivity contribution in [3.05, 3.63) is 35.9 Å². The molecule has 0 aromatic heterocycles. The zero-order valence-corrected chi connectivity index (χ0v) is 9.29. The second kappa shape index (κ2) is 6.19. The first kappa shape index (κ1) is 11.7. The summed E-state index contributed by atoms with van der Waals surface area (Å²) < 4.78 is 0. The van der Waals surface area contributed by atoms with Gasteiger partial charge in [0.2, 0.25) is 5.91 Å². The first-order valence-electron chi connectivity index (χ1n) is 5.18. The molecule has 0 aliphatic heterocycles. The maximum atomic E-state index is 11.2. The number of carbonyl (C=O) groups excluding carboxylic acids is 1. The molecule has 0 saturated carbocycles. The molecule has 0 fully saturated rings. The highest BCUT2D eigenvalue weighted by Crippen LogP contribution is 2.05. The Morgan fingerprint density at radius 2 is 1.93 bits per heavy atom. The number of likely N-dealkylation sites (N-methyl/N-ethyl adjacent to an activating group) is 1. The lowest BCUT2D eigenvalue weighted by atomic mass is 10.0. The van der Waals surface area contributed by atoms with Gasteiger partial charge in [-0.1, -0.05) is 30.3 Å². The minimum atomic E-state index is 0.0743. The molecule has 0 heterocycles. The fourth-order valence-corrected chi connectivity index (χ4v) is 1.50. The van der Waals surface area contributed by atoms with E-state index in [1.807, 2.05) is 25.2 Å².